The average molecular weight is 435 g/mol. The Hall–Kier alpha value is -3.65. The number of imide groups is 2. The molecule has 1 N–H and O–H groups in total. The highest BCUT2D eigenvalue weighted by Gasteiger charge is 2.37. The summed E-state index contributed by atoms with van der Waals surface area (Å²) in [4.78, 5) is 41.3. The van der Waals surface area contributed by atoms with Gasteiger partial charge >= 0.3 is 6.03 Å². The predicted octanol–water partition coefficient (Wildman–Crippen LogP) is 2.82. The van der Waals surface area contributed by atoms with E-state index in [4.69, 9.17) is 9.47 Å². The molecule has 0 unspecified atom stereocenters. The zero-order chi connectivity index (χ0) is 22.8. The Bertz CT molecular complexity index is 1120. The number of aryl methyl sites for hydroxylation is 2. The van der Waals surface area contributed by atoms with Gasteiger partial charge < -0.3 is 14.4 Å². The molecule has 32 heavy (non-hydrogen) atoms. The van der Waals surface area contributed by atoms with Crippen molar-refractivity contribution in [1.29, 1.82) is 0 Å². The molecule has 0 aliphatic carbocycles. The van der Waals surface area contributed by atoms with Crippen molar-refractivity contribution in [2.45, 2.75) is 13.8 Å². The minimum Gasteiger partial charge on any atom is -0.496 e. The number of morpholine rings is 1. The number of hydrogen-bond donors (Lipinski definition) is 1. The van der Waals surface area contributed by atoms with Gasteiger partial charge in [0.1, 0.15) is 11.3 Å². The first-order valence-electron chi connectivity index (χ1n) is 10.4. The molecule has 166 valence electrons. The largest absolute Gasteiger partial charge is 0.496 e. The number of anilines is 2. The molecule has 4 amide bonds. The van der Waals surface area contributed by atoms with E-state index in [1.165, 1.54) is 13.2 Å². The summed E-state index contributed by atoms with van der Waals surface area (Å²) >= 11 is 0. The molecule has 8 heteroatoms. The molecule has 2 aromatic rings. The van der Waals surface area contributed by atoms with Crippen LogP contribution < -0.4 is 19.9 Å². The van der Waals surface area contributed by atoms with E-state index in [1.54, 1.807) is 18.2 Å². The van der Waals surface area contributed by atoms with E-state index in [1.807, 2.05) is 32.0 Å². The Balaban J connectivity index is 1.68. The fourth-order valence-corrected chi connectivity index (χ4v) is 3.75. The van der Waals surface area contributed by atoms with Gasteiger partial charge in [-0.3, -0.25) is 14.9 Å². The summed E-state index contributed by atoms with van der Waals surface area (Å²) in [5.74, 6) is -0.891. The Kier molecular flexibility index (Phi) is 5.96. The molecule has 2 fully saturated rings. The standard InChI is InChI=1S/C24H25N3O5/c1-15-4-6-19(12-16(15)2)27-23(29)20(22(28)25-24(27)30)13-17-5-7-18(14-21(17)31-3)26-8-10-32-11-9-26/h4-7,12-14H,8-11H2,1-3H3,(H,25,28,30)/b20-13+. The van der Waals surface area contributed by atoms with E-state index >= 15 is 0 Å². The van der Waals surface area contributed by atoms with Crippen LogP contribution in [0.3, 0.4) is 0 Å². The molecule has 2 heterocycles. The Morgan fingerprint density at radius 3 is 2.38 bits per heavy atom. The molecule has 0 saturated carbocycles. The van der Waals surface area contributed by atoms with Gasteiger partial charge in [-0.15, -0.1) is 0 Å². The summed E-state index contributed by atoms with van der Waals surface area (Å²) in [6, 6.07) is 10.1. The maximum Gasteiger partial charge on any atom is 0.335 e. The van der Waals surface area contributed by atoms with E-state index in [2.05, 4.69) is 10.2 Å². The molecule has 4 rings (SSSR count). The van der Waals surface area contributed by atoms with Gasteiger partial charge in [0.25, 0.3) is 11.8 Å². The SMILES string of the molecule is COc1cc(N2CCOCC2)ccc1/C=C1\C(=O)NC(=O)N(c2ccc(C)c(C)c2)C1=O. The third-order valence-corrected chi connectivity index (χ3v) is 5.74. The molecule has 2 saturated heterocycles. The van der Waals surface area contributed by atoms with E-state index in [0.717, 1.165) is 34.8 Å². The molecule has 2 aliphatic rings. The predicted molar refractivity (Wildman–Crippen MR) is 121 cm³/mol. The Morgan fingerprint density at radius 2 is 1.69 bits per heavy atom. The van der Waals surface area contributed by atoms with Crippen molar-refractivity contribution in [1.82, 2.24) is 5.32 Å². The summed E-state index contributed by atoms with van der Waals surface area (Å²) in [5, 5.41) is 2.26. The lowest BCUT2D eigenvalue weighted by Gasteiger charge is -2.29. The highest BCUT2D eigenvalue weighted by molar-refractivity contribution is 6.39. The number of methoxy groups -OCH3 is 1. The van der Waals surface area contributed by atoms with Crippen molar-refractivity contribution in [3.05, 3.63) is 58.7 Å². The van der Waals surface area contributed by atoms with Crippen molar-refractivity contribution < 1.29 is 23.9 Å². The topological polar surface area (TPSA) is 88.2 Å². The summed E-state index contributed by atoms with van der Waals surface area (Å²) < 4.78 is 10.9. The zero-order valence-corrected chi connectivity index (χ0v) is 18.3. The number of nitrogens with zero attached hydrogens (tertiary/aromatic N) is 2. The van der Waals surface area contributed by atoms with Crippen LogP contribution in [-0.2, 0) is 14.3 Å². The molecule has 8 nitrogen and oxygen atoms in total. The van der Waals surface area contributed by atoms with Crippen molar-refractivity contribution in [2.24, 2.45) is 0 Å². The van der Waals surface area contributed by atoms with Crippen molar-refractivity contribution in [2.75, 3.05) is 43.2 Å². The zero-order valence-electron chi connectivity index (χ0n) is 18.3. The van der Waals surface area contributed by atoms with Gasteiger partial charge in [-0.2, -0.15) is 0 Å². The van der Waals surface area contributed by atoms with E-state index in [-0.39, 0.29) is 5.57 Å². The van der Waals surface area contributed by atoms with Crippen LogP contribution in [0.5, 0.6) is 5.75 Å². The van der Waals surface area contributed by atoms with Crippen LogP contribution >= 0.6 is 0 Å². The molecule has 2 aliphatic heterocycles. The number of rotatable bonds is 4. The quantitative estimate of drug-likeness (QED) is 0.587. The first kappa shape index (κ1) is 21.6. The lowest BCUT2D eigenvalue weighted by atomic mass is 10.0. The second-order valence-corrected chi connectivity index (χ2v) is 7.75. The van der Waals surface area contributed by atoms with Crippen molar-refractivity contribution >= 4 is 35.3 Å². The van der Waals surface area contributed by atoms with Gasteiger partial charge in [0.15, 0.2) is 0 Å². The van der Waals surface area contributed by atoms with Gasteiger partial charge in [0.2, 0.25) is 0 Å². The number of hydrogen-bond acceptors (Lipinski definition) is 6. The summed E-state index contributed by atoms with van der Waals surface area (Å²) in [6.45, 7) is 6.71. The molecular formula is C24H25N3O5. The van der Waals surface area contributed by atoms with Crippen LogP contribution in [0.2, 0.25) is 0 Å². The number of urea groups is 1. The number of benzene rings is 2. The number of ether oxygens (including phenoxy) is 2. The van der Waals surface area contributed by atoms with Gasteiger partial charge in [-0.25, -0.2) is 9.69 Å². The number of carbonyl (C=O) groups excluding carboxylic acids is 3. The molecular weight excluding hydrogens is 410 g/mol. The van der Waals surface area contributed by atoms with Gasteiger partial charge in [-0.05, 0) is 55.3 Å². The summed E-state index contributed by atoms with van der Waals surface area (Å²) in [6.07, 6.45) is 1.46. The second-order valence-electron chi connectivity index (χ2n) is 7.75. The molecule has 0 bridgehead atoms. The third-order valence-electron chi connectivity index (χ3n) is 5.74. The minimum atomic E-state index is -0.768. The lowest BCUT2D eigenvalue weighted by molar-refractivity contribution is -0.122. The van der Waals surface area contributed by atoms with Crippen molar-refractivity contribution in [3.8, 4) is 5.75 Å². The number of nitrogens with one attached hydrogen (secondary N) is 1. The van der Waals surface area contributed by atoms with Crippen LogP contribution in [-0.4, -0.2) is 51.3 Å². The maximum absolute atomic E-state index is 13.2. The summed E-state index contributed by atoms with van der Waals surface area (Å²) in [7, 11) is 1.54. The number of amides is 4. The monoisotopic (exact) mass is 435 g/mol. The van der Waals surface area contributed by atoms with E-state index in [0.29, 0.717) is 30.2 Å². The van der Waals surface area contributed by atoms with Crippen LogP contribution in [0.25, 0.3) is 6.08 Å². The maximum atomic E-state index is 13.2. The van der Waals surface area contributed by atoms with Crippen LogP contribution in [0.4, 0.5) is 16.2 Å². The molecule has 2 aromatic carbocycles. The van der Waals surface area contributed by atoms with Crippen LogP contribution in [0, 0.1) is 13.8 Å². The first-order chi connectivity index (χ1) is 15.4. The third kappa shape index (κ3) is 4.09. The Labute approximate surface area is 186 Å². The highest BCUT2D eigenvalue weighted by Crippen LogP contribution is 2.30. The molecule has 0 aromatic heterocycles. The number of carbonyl (C=O) groups is 3. The van der Waals surface area contributed by atoms with Gasteiger partial charge in [-0.1, -0.05) is 6.07 Å². The van der Waals surface area contributed by atoms with Gasteiger partial charge in [0.05, 0.1) is 26.0 Å². The average Bonchev–Trinajstić information content (AvgIpc) is 2.79. The van der Waals surface area contributed by atoms with Crippen LogP contribution in [0.15, 0.2) is 42.0 Å². The smallest absolute Gasteiger partial charge is 0.335 e. The summed E-state index contributed by atoms with van der Waals surface area (Å²) in [5.41, 5.74) is 3.78. The van der Waals surface area contributed by atoms with Crippen molar-refractivity contribution in [3.63, 3.8) is 0 Å². The normalized spacial score (nSPS) is 18.2. The fourth-order valence-electron chi connectivity index (χ4n) is 3.75. The molecule has 0 spiro atoms. The molecule has 0 atom stereocenters. The highest BCUT2D eigenvalue weighted by atomic mass is 16.5. The molecule has 0 radical (unpaired) electrons. The minimum absolute atomic E-state index is 0.139. The fraction of sp³-hybridized carbons (Fsp3) is 0.292. The van der Waals surface area contributed by atoms with E-state index < -0.39 is 17.8 Å². The lowest BCUT2D eigenvalue weighted by Crippen LogP contribution is -2.54. The Morgan fingerprint density at radius 1 is 0.969 bits per heavy atom. The van der Waals surface area contributed by atoms with Crippen LogP contribution in [0.1, 0.15) is 16.7 Å². The number of barbiturate groups is 1. The van der Waals surface area contributed by atoms with Gasteiger partial charge in [0, 0.05) is 30.4 Å². The second kappa shape index (κ2) is 8.84. The van der Waals surface area contributed by atoms with E-state index in [9.17, 15) is 14.4 Å². The first-order valence-corrected chi connectivity index (χ1v) is 10.4.